The molecule has 1 N–H and O–H groups in total. The number of esters is 1. The summed E-state index contributed by atoms with van der Waals surface area (Å²) in [6.07, 6.45) is 2.43. The van der Waals surface area contributed by atoms with Gasteiger partial charge < -0.3 is 15.0 Å². The Morgan fingerprint density at radius 3 is 3.00 bits per heavy atom. The quantitative estimate of drug-likeness (QED) is 0.598. The van der Waals surface area contributed by atoms with E-state index >= 15 is 0 Å². The van der Waals surface area contributed by atoms with E-state index in [2.05, 4.69) is 17.1 Å². The van der Waals surface area contributed by atoms with E-state index < -0.39 is 5.97 Å². The van der Waals surface area contributed by atoms with Crippen molar-refractivity contribution >= 4 is 62.0 Å². The average Bonchev–Trinajstić information content (AvgIpc) is 2.90. The van der Waals surface area contributed by atoms with E-state index in [1.54, 1.807) is 0 Å². The molecule has 0 spiro atoms. The molecule has 1 fully saturated rings. The molecular weight excluding hydrogens is 364 g/mol. The van der Waals surface area contributed by atoms with Gasteiger partial charge in [0.05, 0.1) is 12.1 Å². The molecule has 1 atom stereocenters. The number of thiophene rings is 1. The summed E-state index contributed by atoms with van der Waals surface area (Å²) in [5.41, 5.74) is 0.903. The normalized spacial score (nSPS) is 17.8. The van der Waals surface area contributed by atoms with E-state index in [0.29, 0.717) is 15.8 Å². The lowest BCUT2D eigenvalue weighted by Crippen LogP contribution is -2.41. The number of hydrogen-bond acceptors (Lipinski definition) is 4. The first-order chi connectivity index (χ1) is 11.5. The van der Waals surface area contributed by atoms with Crippen LogP contribution in [0.5, 0.6) is 0 Å². The summed E-state index contributed by atoms with van der Waals surface area (Å²) in [7, 11) is 1.36. The molecule has 0 bridgehead atoms. The molecule has 1 aromatic carbocycles. The van der Waals surface area contributed by atoms with Crippen LogP contribution < -0.4 is 5.32 Å². The van der Waals surface area contributed by atoms with Gasteiger partial charge in [0.25, 0.3) is 0 Å². The first kappa shape index (κ1) is 17.5. The Hall–Kier alpha value is -1.37. The van der Waals surface area contributed by atoms with Crippen LogP contribution in [0.2, 0.25) is 5.02 Å². The van der Waals surface area contributed by atoms with Crippen LogP contribution >= 0.6 is 35.2 Å². The number of methoxy groups -OCH3 is 1. The van der Waals surface area contributed by atoms with Crippen molar-refractivity contribution in [2.75, 3.05) is 25.5 Å². The van der Waals surface area contributed by atoms with Crippen molar-refractivity contribution in [2.45, 2.75) is 19.8 Å². The lowest BCUT2D eigenvalue weighted by atomic mass is 10.0. The van der Waals surface area contributed by atoms with E-state index in [1.807, 2.05) is 18.2 Å². The Bertz CT molecular complexity index is 790. The molecule has 0 aliphatic carbocycles. The molecule has 1 saturated heterocycles. The maximum Gasteiger partial charge on any atom is 0.349 e. The van der Waals surface area contributed by atoms with E-state index in [9.17, 15) is 4.79 Å². The molecule has 3 rings (SSSR count). The third-order valence-electron chi connectivity index (χ3n) is 4.20. The lowest BCUT2D eigenvalue weighted by Gasteiger charge is -2.33. The smallest absolute Gasteiger partial charge is 0.349 e. The highest BCUT2D eigenvalue weighted by atomic mass is 35.5. The number of rotatable bonds is 2. The van der Waals surface area contributed by atoms with Crippen molar-refractivity contribution in [3.8, 4) is 0 Å². The number of ether oxygens (including phenoxy) is 1. The molecule has 2 heterocycles. The van der Waals surface area contributed by atoms with Gasteiger partial charge in [0, 0.05) is 28.9 Å². The van der Waals surface area contributed by atoms with Gasteiger partial charge in [-0.05, 0) is 49.2 Å². The molecule has 1 aromatic heterocycles. The fourth-order valence-corrected chi connectivity index (χ4v) is 4.69. The Labute approximate surface area is 155 Å². The van der Waals surface area contributed by atoms with Crippen molar-refractivity contribution in [3.05, 3.63) is 28.1 Å². The van der Waals surface area contributed by atoms with Gasteiger partial charge >= 0.3 is 5.97 Å². The Morgan fingerprint density at radius 2 is 2.29 bits per heavy atom. The number of benzene rings is 1. The molecule has 0 saturated carbocycles. The molecule has 128 valence electrons. The number of thiocarbonyl (C=S) groups is 1. The van der Waals surface area contributed by atoms with Crippen LogP contribution in [0.1, 0.15) is 29.4 Å². The van der Waals surface area contributed by atoms with E-state index in [1.165, 1.54) is 31.3 Å². The molecule has 0 unspecified atom stereocenters. The zero-order valence-electron chi connectivity index (χ0n) is 13.6. The number of fused-ring (bicyclic) bond motifs is 1. The number of hydrogen-bond donors (Lipinski definition) is 1. The Kier molecular flexibility index (Phi) is 5.27. The summed E-state index contributed by atoms with van der Waals surface area (Å²) in [5, 5.41) is 5.35. The first-order valence-electron chi connectivity index (χ1n) is 7.86. The second kappa shape index (κ2) is 7.25. The zero-order chi connectivity index (χ0) is 17.3. The summed E-state index contributed by atoms with van der Waals surface area (Å²) in [6.45, 7) is 4.24. The fraction of sp³-hybridized carbons (Fsp3) is 0.412. The summed E-state index contributed by atoms with van der Waals surface area (Å²) in [4.78, 5) is 14.4. The van der Waals surface area contributed by atoms with Crippen LogP contribution in [0.15, 0.2) is 18.2 Å². The molecule has 7 heteroatoms. The van der Waals surface area contributed by atoms with Gasteiger partial charge in [-0.3, -0.25) is 0 Å². The standard InChI is InChI=1S/C17H19ClN2O2S2/c1-10-4-3-7-20(9-10)17(23)19-11-5-6-12-13(8-11)24-15(14(12)18)16(21)22-2/h5-6,8,10H,3-4,7,9H2,1-2H3,(H,19,23)/t10-/m0/s1. The summed E-state index contributed by atoms with van der Waals surface area (Å²) < 4.78 is 5.71. The zero-order valence-corrected chi connectivity index (χ0v) is 16.0. The predicted molar refractivity (Wildman–Crippen MR) is 104 cm³/mol. The van der Waals surface area contributed by atoms with Crippen molar-refractivity contribution in [3.63, 3.8) is 0 Å². The number of piperidine rings is 1. The molecule has 1 aliphatic rings. The molecule has 0 radical (unpaired) electrons. The van der Waals surface area contributed by atoms with Crippen LogP contribution in [0.3, 0.4) is 0 Å². The predicted octanol–water partition coefficient (Wildman–Crippen LogP) is 4.77. The van der Waals surface area contributed by atoms with Gasteiger partial charge in [-0.15, -0.1) is 11.3 Å². The second-order valence-electron chi connectivity index (χ2n) is 6.07. The van der Waals surface area contributed by atoms with Crippen LogP contribution in [0.4, 0.5) is 5.69 Å². The van der Waals surface area contributed by atoms with Gasteiger partial charge in [-0.2, -0.15) is 0 Å². The monoisotopic (exact) mass is 382 g/mol. The van der Waals surface area contributed by atoms with E-state index in [0.717, 1.165) is 34.0 Å². The van der Waals surface area contributed by atoms with Gasteiger partial charge in [-0.25, -0.2) is 4.79 Å². The van der Waals surface area contributed by atoms with Crippen LogP contribution in [0.25, 0.3) is 10.1 Å². The van der Waals surface area contributed by atoms with Crippen LogP contribution in [0, 0.1) is 5.92 Å². The minimum Gasteiger partial charge on any atom is -0.465 e. The summed E-state index contributed by atoms with van der Waals surface area (Å²) in [5.74, 6) is 0.258. The number of carbonyl (C=O) groups is 1. The first-order valence-corrected chi connectivity index (χ1v) is 9.46. The molecule has 2 aromatic rings. The number of halogens is 1. The van der Waals surface area contributed by atoms with Crippen molar-refractivity contribution in [2.24, 2.45) is 5.92 Å². The van der Waals surface area contributed by atoms with Crippen LogP contribution in [-0.2, 0) is 4.74 Å². The number of nitrogens with one attached hydrogen (secondary N) is 1. The molecule has 0 amide bonds. The van der Waals surface area contributed by atoms with Gasteiger partial charge in [-0.1, -0.05) is 18.5 Å². The lowest BCUT2D eigenvalue weighted by molar-refractivity contribution is 0.0606. The minimum atomic E-state index is -0.409. The van der Waals surface area contributed by atoms with Gasteiger partial charge in [0.1, 0.15) is 4.88 Å². The highest BCUT2D eigenvalue weighted by Gasteiger charge is 2.20. The number of nitrogens with zero attached hydrogens (tertiary/aromatic N) is 1. The molecule has 24 heavy (non-hydrogen) atoms. The Morgan fingerprint density at radius 1 is 1.50 bits per heavy atom. The summed E-state index contributed by atoms with van der Waals surface area (Å²) >= 11 is 13.2. The minimum absolute atomic E-state index is 0.409. The van der Waals surface area contributed by atoms with Gasteiger partial charge in [0.15, 0.2) is 5.11 Å². The SMILES string of the molecule is COC(=O)c1sc2cc(NC(=S)N3CCC[C@H](C)C3)ccc2c1Cl. The van der Waals surface area contributed by atoms with Crippen molar-refractivity contribution in [1.29, 1.82) is 0 Å². The third-order valence-corrected chi connectivity index (χ3v) is 6.19. The third kappa shape index (κ3) is 3.50. The average molecular weight is 383 g/mol. The molecule has 4 nitrogen and oxygen atoms in total. The van der Waals surface area contributed by atoms with E-state index in [-0.39, 0.29) is 0 Å². The highest BCUT2D eigenvalue weighted by Crippen LogP contribution is 2.37. The molecule has 1 aliphatic heterocycles. The van der Waals surface area contributed by atoms with Crippen molar-refractivity contribution < 1.29 is 9.53 Å². The molecular formula is C17H19ClN2O2S2. The maximum atomic E-state index is 11.8. The second-order valence-corrected chi connectivity index (χ2v) is 7.89. The van der Waals surface area contributed by atoms with Crippen LogP contribution in [-0.4, -0.2) is 36.2 Å². The number of carbonyl (C=O) groups excluding carboxylic acids is 1. The fourth-order valence-electron chi connectivity index (χ4n) is 2.94. The highest BCUT2D eigenvalue weighted by molar-refractivity contribution is 7.80. The largest absolute Gasteiger partial charge is 0.465 e. The summed E-state index contributed by atoms with van der Waals surface area (Å²) in [6, 6.07) is 5.81. The Balaban J connectivity index is 1.80. The van der Waals surface area contributed by atoms with Crippen molar-refractivity contribution in [1.82, 2.24) is 4.90 Å². The number of likely N-dealkylation sites (tertiary alicyclic amines) is 1. The number of anilines is 1. The van der Waals surface area contributed by atoms with Gasteiger partial charge in [0.2, 0.25) is 0 Å². The maximum absolute atomic E-state index is 11.8. The van der Waals surface area contributed by atoms with E-state index in [4.69, 9.17) is 28.6 Å². The topological polar surface area (TPSA) is 41.6 Å².